The molecule has 1 aliphatic rings. The van der Waals surface area contributed by atoms with Gasteiger partial charge in [-0.1, -0.05) is 19.3 Å². The van der Waals surface area contributed by atoms with Crippen molar-refractivity contribution in [2.45, 2.75) is 45.1 Å². The van der Waals surface area contributed by atoms with Crippen LogP contribution in [0.25, 0.3) is 0 Å². The molecule has 0 bridgehead atoms. The van der Waals surface area contributed by atoms with E-state index in [2.05, 4.69) is 10.6 Å². The Kier molecular flexibility index (Phi) is 8.27. The molecule has 3 rings (SSSR count). The minimum Gasteiger partial charge on any atom is -0.491 e. The first-order valence-corrected chi connectivity index (χ1v) is 10.7. The minimum atomic E-state index is -0.213. The highest BCUT2D eigenvalue weighted by Crippen LogP contribution is 2.19. The molecule has 0 atom stereocenters. The summed E-state index contributed by atoms with van der Waals surface area (Å²) >= 11 is 0. The summed E-state index contributed by atoms with van der Waals surface area (Å²) in [6.07, 6.45) is 5.71. The third-order valence-corrected chi connectivity index (χ3v) is 5.16. The summed E-state index contributed by atoms with van der Waals surface area (Å²) in [6.45, 7) is 3.61. The number of benzene rings is 2. The Labute approximate surface area is 178 Å². The zero-order valence-corrected chi connectivity index (χ0v) is 17.5. The van der Waals surface area contributed by atoms with E-state index in [-0.39, 0.29) is 17.9 Å². The van der Waals surface area contributed by atoms with Crippen molar-refractivity contribution < 1.29 is 19.1 Å². The summed E-state index contributed by atoms with van der Waals surface area (Å²) in [7, 11) is 0. The third-order valence-electron chi connectivity index (χ3n) is 5.16. The summed E-state index contributed by atoms with van der Waals surface area (Å²) in [6, 6.07) is 14.2. The van der Waals surface area contributed by atoms with E-state index in [1.807, 2.05) is 6.92 Å². The summed E-state index contributed by atoms with van der Waals surface area (Å²) in [4.78, 5) is 24.8. The van der Waals surface area contributed by atoms with Crippen LogP contribution in [0.4, 0.5) is 5.69 Å². The Balaban J connectivity index is 1.49. The van der Waals surface area contributed by atoms with Crippen LogP contribution >= 0.6 is 0 Å². The number of hydrogen-bond donors (Lipinski definition) is 2. The standard InChI is InChI=1S/C24H30N2O4/c1-2-29-16-17-30-22-14-10-19(11-15-22)24(28)26-21-12-8-18(9-13-21)23(27)25-20-6-4-3-5-7-20/h8-15,20H,2-7,16-17H2,1H3,(H,25,27)(H,26,28). The average Bonchev–Trinajstić information content (AvgIpc) is 2.78. The maximum Gasteiger partial charge on any atom is 0.255 e. The highest BCUT2D eigenvalue weighted by atomic mass is 16.5. The van der Waals surface area contributed by atoms with Gasteiger partial charge in [0.1, 0.15) is 12.4 Å². The van der Waals surface area contributed by atoms with Gasteiger partial charge in [0.25, 0.3) is 11.8 Å². The molecule has 0 spiro atoms. The molecule has 2 aromatic carbocycles. The monoisotopic (exact) mass is 410 g/mol. The van der Waals surface area contributed by atoms with Crippen molar-refractivity contribution >= 4 is 17.5 Å². The molecule has 0 aliphatic heterocycles. The Hall–Kier alpha value is -2.86. The quantitative estimate of drug-likeness (QED) is 0.600. The highest BCUT2D eigenvalue weighted by molar-refractivity contribution is 6.04. The van der Waals surface area contributed by atoms with Crippen molar-refractivity contribution in [1.29, 1.82) is 0 Å². The zero-order chi connectivity index (χ0) is 21.2. The van der Waals surface area contributed by atoms with Gasteiger partial charge in [0.15, 0.2) is 0 Å². The molecule has 6 nitrogen and oxygen atoms in total. The van der Waals surface area contributed by atoms with Gasteiger partial charge in [-0.05, 0) is 68.3 Å². The van der Waals surface area contributed by atoms with Crippen LogP contribution < -0.4 is 15.4 Å². The maximum atomic E-state index is 12.5. The van der Waals surface area contributed by atoms with Crippen molar-refractivity contribution in [3.8, 4) is 5.75 Å². The number of anilines is 1. The summed E-state index contributed by atoms with van der Waals surface area (Å²) in [5.74, 6) is 0.426. The molecule has 2 amide bonds. The molecule has 1 aliphatic carbocycles. The number of amides is 2. The molecule has 0 heterocycles. The predicted molar refractivity (Wildman–Crippen MR) is 117 cm³/mol. The van der Waals surface area contributed by atoms with Crippen LogP contribution in [0.5, 0.6) is 5.75 Å². The minimum absolute atomic E-state index is 0.0558. The van der Waals surface area contributed by atoms with Gasteiger partial charge in [-0.2, -0.15) is 0 Å². The van der Waals surface area contributed by atoms with E-state index >= 15 is 0 Å². The van der Waals surface area contributed by atoms with Gasteiger partial charge in [0, 0.05) is 29.5 Å². The van der Waals surface area contributed by atoms with Gasteiger partial charge in [0.2, 0.25) is 0 Å². The zero-order valence-electron chi connectivity index (χ0n) is 17.5. The van der Waals surface area contributed by atoms with E-state index in [4.69, 9.17) is 9.47 Å². The molecule has 0 radical (unpaired) electrons. The first kappa shape index (κ1) is 21.8. The van der Waals surface area contributed by atoms with Crippen LogP contribution in [-0.4, -0.2) is 37.7 Å². The fourth-order valence-corrected chi connectivity index (χ4v) is 3.49. The van der Waals surface area contributed by atoms with Crippen molar-refractivity contribution in [3.63, 3.8) is 0 Å². The lowest BCUT2D eigenvalue weighted by molar-refractivity contribution is 0.0927. The van der Waals surface area contributed by atoms with E-state index in [9.17, 15) is 9.59 Å². The third kappa shape index (κ3) is 6.59. The highest BCUT2D eigenvalue weighted by Gasteiger charge is 2.16. The first-order chi connectivity index (χ1) is 14.7. The van der Waals surface area contributed by atoms with Crippen LogP contribution in [0.15, 0.2) is 48.5 Å². The molecule has 160 valence electrons. The van der Waals surface area contributed by atoms with Gasteiger partial charge in [-0.3, -0.25) is 9.59 Å². The van der Waals surface area contributed by atoms with Crippen LogP contribution in [-0.2, 0) is 4.74 Å². The number of nitrogens with one attached hydrogen (secondary N) is 2. The second-order valence-corrected chi connectivity index (χ2v) is 7.41. The number of carbonyl (C=O) groups is 2. The van der Waals surface area contributed by atoms with Gasteiger partial charge in [-0.15, -0.1) is 0 Å². The van der Waals surface area contributed by atoms with Gasteiger partial charge in [0.05, 0.1) is 6.61 Å². The number of carbonyl (C=O) groups excluding carboxylic acids is 2. The molecule has 0 unspecified atom stereocenters. The number of hydrogen-bond acceptors (Lipinski definition) is 4. The fraction of sp³-hybridized carbons (Fsp3) is 0.417. The Morgan fingerprint density at radius 3 is 2.17 bits per heavy atom. The largest absolute Gasteiger partial charge is 0.491 e. The molecule has 0 aromatic heterocycles. The summed E-state index contributed by atoms with van der Waals surface area (Å²) in [5.41, 5.74) is 1.78. The maximum absolute atomic E-state index is 12.5. The van der Waals surface area contributed by atoms with Crippen molar-refractivity contribution in [2.75, 3.05) is 25.1 Å². The molecule has 1 fully saturated rings. The lowest BCUT2D eigenvalue weighted by Gasteiger charge is -2.22. The number of ether oxygens (including phenoxy) is 2. The van der Waals surface area contributed by atoms with E-state index < -0.39 is 0 Å². The summed E-state index contributed by atoms with van der Waals surface area (Å²) in [5, 5.41) is 5.96. The molecule has 2 N–H and O–H groups in total. The second kappa shape index (κ2) is 11.4. The van der Waals surface area contributed by atoms with Crippen LogP contribution in [0.3, 0.4) is 0 Å². The first-order valence-electron chi connectivity index (χ1n) is 10.7. The van der Waals surface area contributed by atoms with E-state index in [1.54, 1.807) is 48.5 Å². The lowest BCUT2D eigenvalue weighted by Crippen LogP contribution is -2.36. The molecule has 1 saturated carbocycles. The van der Waals surface area contributed by atoms with Gasteiger partial charge < -0.3 is 20.1 Å². The van der Waals surface area contributed by atoms with Gasteiger partial charge in [-0.25, -0.2) is 0 Å². The molecule has 0 saturated heterocycles. The Morgan fingerprint density at radius 1 is 0.867 bits per heavy atom. The van der Waals surface area contributed by atoms with Crippen LogP contribution in [0.1, 0.15) is 59.7 Å². The van der Waals surface area contributed by atoms with E-state index in [0.29, 0.717) is 42.4 Å². The molecule has 30 heavy (non-hydrogen) atoms. The molecular formula is C24H30N2O4. The summed E-state index contributed by atoms with van der Waals surface area (Å²) < 4.78 is 10.8. The fourth-order valence-electron chi connectivity index (χ4n) is 3.49. The van der Waals surface area contributed by atoms with E-state index in [1.165, 1.54) is 19.3 Å². The number of rotatable bonds is 9. The van der Waals surface area contributed by atoms with Gasteiger partial charge >= 0.3 is 0 Å². The SMILES string of the molecule is CCOCCOc1ccc(C(=O)Nc2ccc(C(=O)NC3CCCCC3)cc2)cc1. The second-order valence-electron chi connectivity index (χ2n) is 7.41. The smallest absolute Gasteiger partial charge is 0.255 e. The normalized spacial score (nSPS) is 14.2. The van der Waals surface area contributed by atoms with Crippen LogP contribution in [0, 0.1) is 0 Å². The average molecular weight is 411 g/mol. The van der Waals surface area contributed by atoms with Crippen molar-refractivity contribution in [3.05, 3.63) is 59.7 Å². The predicted octanol–water partition coefficient (Wildman–Crippen LogP) is 4.42. The topological polar surface area (TPSA) is 76.7 Å². The Bertz CT molecular complexity index is 812. The van der Waals surface area contributed by atoms with Crippen molar-refractivity contribution in [1.82, 2.24) is 5.32 Å². The lowest BCUT2D eigenvalue weighted by atomic mass is 9.95. The Morgan fingerprint density at radius 2 is 1.50 bits per heavy atom. The van der Waals surface area contributed by atoms with Crippen LogP contribution in [0.2, 0.25) is 0 Å². The molecule has 6 heteroatoms. The van der Waals surface area contributed by atoms with Crippen molar-refractivity contribution in [2.24, 2.45) is 0 Å². The molecular weight excluding hydrogens is 380 g/mol. The van der Waals surface area contributed by atoms with E-state index in [0.717, 1.165) is 12.8 Å². The molecule has 2 aromatic rings.